The topological polar surface area (TPSA) is 92.5 Å². The van der Waals surface area contributed by atoms with E-state index >= 15 is 0 Å². The van der Waals surface area contributed by atoms with Crippen LogP contribution in [0.25, 0.3) is 0 Å². The molecule has 0 aromatic heterocycles. The van der Waals surface area contributed by atoms with E-state index in [-0.39, 0.29) is 29.2 Å². The van der Waals surface area contributed by atoms with Gasteiger partial charge >= 0.3 is 0 Å². The van der Waals surface area contributed by atoms with Crippen LogP contribution < -0.4 is 10.5 Å². The molecule has 7 heteroatoms. The Labute approximate surface area is 163 Å². The Morgan fingerprint density at radius 1 is 1.15 bits per heavy atom. The minimum atomic E-state index is -3.67. The predicted molar refractivity (Wildman–Crippen MR) is 108 cm³/mol. The zero-order valence-electron chi connectivity index (χ0n) is 17.0. The van der Waals surface area contributed by atoms with Crippen LogP contribution in [0.5, 0.6) is 0 Å². The summed E-state index contributed by atoms with van der Waals surface area (Å²) in [4.78, 5) is 12.8. The lowest BCUT2D eigenvalue weighted by Crippen LogP contribution is -2.46. The van der Waals surface area contributed by atoms with Crippen LogP contribution in [0.3, 0.4) is 0 Å². The number of nitrogens with one attached hydrogen (secondary N) is 1. The molecule has 0 saturated carbocycles. The minimum Gasteiger partial charge on any atom is -0.349 e. The molecule has 0 aliphatic carbocycles. The van der Waals surface area contributed by atoms with Crippen molar-refractivity contribution in [3.8, 4) is 0 Å². The Bertz CT molecular complexity index is 744. The number of piperidine rings is 1. The van der Waals surface area contributed by atoms with Crippen LogP contribution in [0.4, 0.5) is 0 Å². The molecule has 3 N–H and O–H groups in total. The third-order valence-corrected chi connectivity index (χ3v) is 6.37. The quantitative estimate of drug-likeness (QED) is 0.803. The van der Waals surface area contributed by atoms with Gasteiger partial charge in [-0.2, -0.15) is 12.7 Å². The van der Waals surface area contributed by atoms with Crippen LogP contribution in [0.15, 0.2) is 24.3 Å². The largest absolute Gasteiger partial charge is 0.349 e. The van der Waals surface area contributed by atoms with Gasteiger partial charge in [-0.05, 0) is 35.3 Å². The van der Waals surface area contributed by atoms with E-state index in [1.165, 1.54) is 9.87 Å². The van der Waals surface area contributed by atoms with Crippen molar-refractivity contribution >= 4 is 16.1 Å². The molecule has 1 unspecified atom stereocenters. The molecule has 2 rings (SSSR count). The second-order valence-corrected chi connectivity index (χ2v) is 10.4. The van der Waals surface area contributed by atoms with Crippen LogP contribution in [-0.4, -0.2) is 31.7 Å². The van der Waals surface area contributed by atoms with Crippen molar-refractivity contribution in [3.63, 3.8) is 0 Å². The van der Waals surface area contributed by atoms with Gasteiger partial charge in [0.2, 0.25) is 5.91 Å². The molecular weight excluding hydrogens is 362 g/mol. The molecule has 1 saturated heterocycles. The fourth-order valence-corrected chi connectivity index (χ4v) is 4.19. The Morgan fingerprint density at radius 2 is 1.67 bits per heavy atom. The van der Waals surface area contributed by atoms with Gasteiger partial charge in [-0.1, -0.05) is 58.9 Å². The molecule has 1 aromatic carbocycles. The van der Waals surface area contributed by atoms with E-state index in [1.807, 2.05) is 0 Å². The number of amides is 1. The maximum Gasteiger partial charge on any atom is 0.276 e. The number of carbonyl (C=O) groups excluding carboxylic acids is 1. The van der Waals surface area contributed by atoms with Crippen LogP contribution in [0, 0.1) is 11.8 Å². The molecular formula is C20H33N3O3S. The molecule has 1 aliphatic heterocycles. The Morgan fingerprint density at radius 3 is 2.07 bits per heavy atom. The fraction of sp³-hybridized carbons (Fsp3) is 0.650. The maximum absolute atomic E-state index is 12.8. The highest BCUT2D eigenvalue weighted by molar-refractivity contribution is 7.86. The van der Waals surface area contributed by atoms with Gasteiger partial charge in [0, 0.05) is 19.0 Å². The summed E-state index contributed by atoms with van der Waals surface area (Å²) in [6.45, 7) is 11.3. The summed E-state index contributed by atoms with van der Waals surface area (Å²) in [7, 11) is -3.67. The van der Waals surface area contributed by atoms with E-state index < -0.39 is 10.2 Å². The molecule has 1 atom stereocenters. The first-order valence-corrected chi connectivity index (χ1v) is 11.1. The molecule has 1 aromatic rings. The van der Waals surface area contributed by atoms with Gasteiger partial charge in [0.15, 0.2) is 0 Å². The van der Waals surface area contributed by atoms with Gasteiger partial charge in [-0.15, -0.1) is 0 Å². The number of hydrogen-bond acceptors (Lipinski definition) is 3. The summed E-state index contributed by atoms with van der Waals surface area (Å²) < 4.78 is 24.1. The lowest BCUT2D eigenvalue weighted by Gasteiger charge is -2.31. The van der Waals surface area contributed by atoms with Gasteiger partial charge in [0.05, 0.1) is 6.04 Å². The summed E-state index contributed by atoms with van der Waals surface area (Å²) >= 11 is 0. The molecule has 0 radical (unpaired) electrons. The molecule has 152 valence electrons. The number of benzene rings is 1. The first-order valence-electron chi connectivity index (χ1n) is 9.58. The van der Waals surface area contributed by atoms with Gasteiger partial charge in [-0.3, -0.25) is 4.79 Å². The molecule has 6 nitrogen and oxygen atoms in total. The highest BCUT2D eigenvalue weighted by Crippen LogP contribution is 2.28. The third-order valence-electron chi connectivity index (χ3n) is 5.28. The smallest absolute Gasteiger partial charge is 0.276 e. The van der Waals surface area contributed by atoms with E-state index in [2.05, 4.69) is 64.2 Å². The molecule has 0 spiro atoms. The monoisotopic (exact) mass is 395 g/mol. The minimum absolute atomic E-state index is 0.0114. The first-order chi connectivity index (χ1) is 12.4. The summed E-state index contributed by atoms with van der Waals surface area (Å²) in [6.07, 6.45) is 0.992. The van der Waals surface area contributed by atoms with Gasteiger partial charge in [0.25, 0.3) is 10.2 Å². The van der Waals surface area contributed by atoms with Crippen LogP contribution in [0.1, 0.15) is 64.6 Å². The molecule has 1 fully saturated rings. The van der Waals surface area contributed by atoms with E-state index in [0.717, 1.165) is 5.56 Å². The molecule has 1 amide bonds. The number of carbonyl (C=O) groups is 1. The second kappa shape index (κ2) is 8.29. The second-order valence-electron chi connectivity index (χ2n) is 8.82. The molecule has 0 bridgehead atoms. The third kappa shape index (κ3) is 5.77. The van der Waals surface area contributed by atoms with E-state index in [1.54, 1.807) is 0 Å². The van der Waals surface area contributed by atoms with Crippen molar-refractivity contribution in [2.75, 3.05) is 13.1 Å². The SMILES string of the molecule is CC(C)C(NC(=O)C1CCN(S(N)(=O)=O)CC1)c1ccc(C(C)(C)C)cc1. The van der Waals surface area contributed by atoms with Gasteiger partial charge in [0.1, 0.15) is 0 Å². The van der Waals surface area contributed by atoms with Crippen molar-refractivity contribution in [2.45, 2.75) is 58.9 Å². The molecule has 1 heterocycles. The Kier molecular flexibility index (Phi) is 6.71. The average molecular weight is 396 g/mol. The summed E-state index contributed by atoms with van der Waals surface area (Å²) in [6, 6.07) is 8.37. The standard InChI is InChI=1S/C20H33N3O3S/c1-14(2)18(15-6-8-17(9-7-15)20(3,4)5)22-19(24)16-10-12-23(13-11-16)27(21,25)26/h6-9,14,16,18H,10-13H2,1-5H3,(H,22,24)(H2,21,25,26). The van der Waals surface area contributed by atoms with Gasteiger partial charge < -0.3 is 5.32 Å². The maximum atomic E-state index is 12.8. The fourth-order valence-electron chi connectivity index (χ4n) is 3.47. The van der Waals surface area contributed by atoms with Crippen LogP contribution in [-0.2, 0) is 20.4 Å². The van der Waals surface area contributed by atoms with Crippen molar-refractivity contribution < 1.29 is 13.2 Å². The number of nitrogens with two attached hydrogens (primary N) is 1. The highest BCUT2D eigenvalue weighted by Gasteiger charge is 2.31. The van der Waals surface area contributed by atoms with Crippen molar-refractivity contribution in [1.82, 2.24) is 9.62 Å². The Hall–Kier alpha value is -1.44. The average Bonchev–Trinajstić information content (AvgIpc) is 2.58. The molecule has 1 aliphatic rings. The summed E-state index contributed by atoms with van der Waals surface area (Å²) in [5.74, 6) is 0.0553. The normalized spacial score (nSPS) is 18.5. The van der Waals surface area contributed by atoms with Crippen molar-refractivity contribution in [2.24, 2.45) is 17.0 Å². The Balaban J connectivity index is 2.05. The number of hydrogen-bond donors (Lipinski definition) is 2. The zero-order valence-corrected chi connectivity index (χ0v) is 17.8. The zero-order chi connectivity index (χ0) is 20.4. The lowest BCUT2D eigenvalue weighted by molar-refractivity contribution is -0.127. The summed E-state index contributed by atoms with van der Waals surface area (Å²) in [5, 5.41) is 8.34. The predicted octanol–water partition coefficient (Wildman–Crippen LogP) is 2.71. The van der Waals surface area contributed by atoms with E-state index in [4.69, 9.17) is 5.14 Å². The first kappa shape index (κ1) is 21.9. The highest BCUT2D eigenvalue weighted by atomic mass is 32.2. The number of rotatable bonds is 5. The van der Waals surface area contributed by atoms with Crippen LogP contribution in [0.2, 0.25) is 0 Å². The molecule has 27 heavy (non-hydrogen) atoms. The van der Waals surface area contributed by atoms with Gasteiger partial charge in [-0.25, -0.2) is 5.14 Å². The lowest BCUT2D eigenvalue weighted by atomic mass is 9.85. The number of nitrogens with zero attached hydrogens (tertiary/aromatic N) is 1. The van der Waals surface area contributed by atoms with E-state index in [0.29, 0.717) is 25.9 Å². The van der Waals surface area contributed by atoms with Crippen LogP contribution >= 0.6 is 0 Å². The van der Waals surface area contributed by atoms with Crippen molar-refractivity contribution in [3.05, 3.63) is 35.4 Å². The van der Waals surface area contributed by atoms with E-state index in [9.17, 15) is 13.2 Å². The van der Waals surface area contributed by atoms with Crippen molar-refractivity contribution in [1.29, 1.82) is 0 Å². The summed E-state index contributed by atoms with van der Waals surface area (Å²) in [5.41, 5.74) is 2.44.